The molecule has 0 atom stereocenters. The lowest BCUT2D eigenvalue weighted by Gasteiger charge is -2.04. The van der Waals surface area contributed by atoms with Crippen LogP contribution in [0.4, 0.5) is 5.82 Å². The highest BCUT2D eigenvalue weighted by molar-refractivity contribution is 9.10. The Bertz CT molecular complexity index is 522. The Morgan fingerprint density at radius 2 is 2.25 bits per heavy atom. The van der Waals surface area contributed by atoms with Gasteiger partial charge < -0.3 is 10.3 Å². The summed E-state index contributed by atoms with van der Waals surface area (Å²) in [5, 5.41) is 0.684. The number of aromatic nitrogens is 2. The number of anilines is 1. The second kappa shape index (κ2) is 4.47. The van der Waals surface area contributed by atoms with Gasteiger partial charge in [0.25, 0.3) is 0 Å². The first kappa shape index (κ1) is 11.5. The maximum Gasteiger partial charge on any atom is 0.131 e. The van der Waals surface area contributed by atoms with Crippen molar-refractivity contribution >= 4 is 33.3 Å². The molecule has 0 aliphatic carbocycles. The molecular weight excluding hydrogens is 289 g/mol. The van der Waals surface area contributed by atoms with Crippen LogP contribution in [0.1, 0.15) is 6.92 Å². The molecular formula is C11H11BrClN3. The fraction of sp³-hybridized carbons (Fsp3) is 0.182. The Morgan fingerprint density at radius 1 is 1.50 bits per heavy atom. The summed E-state index contributed by atoms with van der Waals surface area (Å²) in [6.07, 6.45) is 1.74. The summed E-state index contributed by atoms with van der Waals surface area (Å²) in [5.41, 5.74) is 7.74. The summed E-state index contributed by atoms with van der Waals surface area (Å²) in [4.78, 5) is 4.31. The van der Waals surface area contributed by atoms with Gasteiger partial charge >= 0.3 is 0 Å². The number of nitrogens with zero attached hydrogens (tertiary/aromatic N) is 2. The molecule has 16 heavy (non-hydrogen) atoms. The Labute approximate surface area is 107 Å². The topological polar surface area (TPSA) is 43.8 Å². The van der Waals surface area contributed by atoms with Crippen molar-refractivity contribution in [2.45, 2.75) is 13.5 Å². The van der Waals surface area contributed by atoms with E-state index in [1.165, 1.54) is 0 Å². The molecule has 1 aromatic heterocycles. The van der Waals surface area contributed by atoms with E-state index in [1.54, 1.807) is 6.33 Å². The minimum atomic E-state index is 0.672. The van der Waals surface area contributed by atoms with Crippen LogP contribution in [0.25, 0.3) is 11.3 Å². The van der Waals surface area contributed by atoms with Gasteiger partial charge in [-0.15, -0.1) is 0 Å². The molecule has 0 aliphatic heterocycles. The van der Waals surface area contributed by atoms with Gasteiger partial charge in [0.15, 0.2) is 0 Å². The minimum absolute atomic E-state index is 0.672. The second-order valence-electron chi connectivity index (χ2n) is 3.39. The zero-order valence-corrected chi connectivity index (χ0v) is 11.1. The van der Waals surface area contributed by atoms with Gasteiger partial charge in [0.2, 0.25) is 0 Å². The van der Waals surface area contributed by atoms with Crippen molar-refractivity contribution in [3.05, 3.63) is 34.0 Å². The number of hydrogen-bond donors (Lipinski definition) is 1. The summed E-state index contributed by atoms with van der Waals surface area (Å²) in [7, 11) is 0. The lowest BCUT2D eigenvalue weighted by Crippen LogP contribution is -1.99. The van der Waals surface area contributed by atoms with Crippen molar-refractivity contribution in [2.24, 2.45) is 0 Å². The number of halogens is 2. The van der Waals surface area contributed by atoms with E-state index in [-0.39, 0.29) is 0 Å². The molecule has 2 aromatic rings. The lowest BCUT2D eigenvalue weighted by atomic mass is 10.1. The Kier molecular flexibility index (Phi) is 3.21. The number of nitrogens with two attached hydrogens (primary N) is 1. The molecule has 0 radical (unpaired) electrons. The molecule has 0 fully saturated rings. The molecule has 0 aliphatic rings. The molecule has 0 amide bonds. The number of aryl methyl sites for hydroxylation is 1. The smallest absolute Gasteiger partial charge is 0.131 e. The van der Waals surface area contributed by atoms with Crippen molar-refractivity contribution in [2.75, 3.05) is 5.73 Å². The van der Waals surface area contributed by atoms with Gasteiger partial charge in [-0.3, -0.25) is 0 Å². The van der Waals surface area contributed by atoms with Crippen molar-refractivity contribution < 1.29 is 0 Å². The van der Waals surface area contributed by atoms with Crippen LogP contribution in [-0.2, 0) is 6.54 Å². The third kappa shape index (κ3) is 1.95. The standard InChI is InChI=1S/C11H11BrClN3/c1-2-16-6-15-10(11(16)14)8-4-3-7(13)5-9(8)12/h3-6H,2,14H2,1H3. The van der Waals surface area contributed by atoms with Crippen LogP contribution in [0.5, 0.6) is 0 Å². The Hall–Kier alpha value is -1.00. The average molecular weight is 301 g/mol. The largest absolute Gasteiger partial charge is 0.383 e. The molecule has 2 rings (SSSR count). The van der Waals surface area contributed by atoms with Gasteiger partial charge in [-0.2, -0.15) is 0 Å². The van der Waals surface area contributed by atoms with E-state index in [0.29, 0.717) is 10.8 Å². The molecule has 5 heteroatoms. The summed E-state index contributed by atoms with van der Waals surface area (Å²) in [5.74, 6) is 0.672. The minimum Gasteiger partial charge on any atom is -0.383 e. The predicted molar refractivity (Wildman–Crippen MR) is 70.5 cm³/mol. The van der Waals surface area contributed by atoms with E-state index in [0.717, 1.165) is 22.3 Å². The van der Waals surface area contributed by atoms with Gasteiger partial charge in [0, 0.05) is 21.6 Å². The van der Waals surface area contributed by atoms with E-state index < -0.39 is 0 Å². The Balaban J connectivity index is 2.54. The summed E-state index contributed by atoms with van der Waals surface area (Å²) < 4.78 is 2.80. The lowest BCUT2D eigenvalue weighted by molar-refractivity contribution is 0.771. The molecule has 1 aromatic carbocycles. The molecule has 0 saturated heterocycles. The van der Waals surface area contributed by atoms with Gasteiger partial charge in [-0.25, -0.2) is 4.98 Å². The first-order valence-corrected chi connectivity index (χ1v) is 6.06. The highest BCUT2D eigenvalue weighted by Gasteiger charge is 2.12. The summed E-state index contributed by atoms with van der Waals surface area (Å²) in [6.45, 7) is 2.84. The maximum absolute atomic E-state index is 6.00. The molecule has 0 unspecified atom stereocenters. The van der Waals surface area contributed by atoms with Crippen molar-refractivity contribution in [3.8, 4) is 11.3 Å². The molecule has 2 N–H and O–H groups in total. The van der Waals surface area contributed by atoms with Crippen LogP contribution in [0.15, 0.2) is 29.0 Å². The predicted octanol–water partition coefficient (Wildman–Crippen LogP) is 3.57. The number of rotatable bonds is 2. The first-order chi connectivity index (χ1) is 7.63. The normalized spacial score (nSPS) is 10.7. The van der Waals surface area contributed by atoms with E-state index in [1.807, 2.05) is 29.7 Å². The van der Waals surface area contributed by atoms with Crippen molar-refractivity contribution in [3.63, 3.8) is 0 Å². The second-order valence-corrected chi connectivity index (χ2v) is 4.68. The third-order valence-electron chi connectivity index (χ3n) is 2.41. The monoisotopic (exact) mass is 299 g/mol. The molecule has 3 nitrogen and oxygen atoms in total. The number of benzene rings is 1. The fourth-order valence-electron chi connectivity index (χ4n) is 1.53. The molecule has 1 heterocycles. The summed E-state index contributed by atoms with van der Waals surface area (Å²) >= 11 is 9.35. The number of imidazole rings is 1. The third-order valence-corrected chi connectivity index (χ3v) is 3.30. The van der Waals surface area contributed by atoms with Crippen LogP contribution >= 0.6 is 27.5 Å². The first-order valence-electron chi connectivity index (χ1n) is 4.89. The molecule has 0 bridgehead atoms. The van der Waals surface area contributed by atoms with Crippen LogP contribution in [0.3, 0.4) is 0 Å². The van der Waals surface area contributed by atoms with Crippen LogP contribution in [-0.4, -0.2) is 9.55 Å². The quantitative estimate of drug-likeness (QED) is 0.921. The van der Waals surface area contributed by atoms with Gasteiger partial charge in [0.05, 0.1) is 6.33 Å². The van der Waals surface area contributed by atoms with E-state index >= 15 is 0 Å². The fourth-order valence-corrected chi connectivity index (χ4v) is 2.40. The molecule has 0 spiro atoms. The molecule has 84 valence electrons. The zero-order valence-electron chi connectivity index (χ0n) is 8.74. The van der Waals surface area contributed by atoms with Crippen LogP contribution in [0, 0.1) is 0 Å². The van der Waals surface area contributed by atoms with Gasteiger partial charge in [-0.05, 0) is 19.1 Å². The number of nitrogen functional groups attached to an aromatic ring is 1. The summed E-state index contributed by atoms with van der Waals surface area (Å²) in [6, 6.07) is 5.57. The molecule has 0 saturated carbocycles. The zero-order chi connectivity index (χ0) is 11.7. The highest BCUT2D eigenvalue weighted by Crippen LogP contribution is 2.32. The van der Waals surface area contributed by atoms with Crippen molar-refractivity contribution in [1.82, 2.24) is 9.55 Å². The van der Waals surface area contributed by atoms with Gasteiger partial charge in [0.1, 0.15) is 11.5 Å². The van der Waals surface area contributed by atoms with E-state index in [4.69, 9.17) is 17.3 Å². The van der Waals surface area contributed by atoms with E-state index in [9.17, 15) is 0 Å². The highest BCUT2D eigenvalue weighted by atomic mass is 79.9. The Morgan fingerprint density at radius 3 is 2.81 bits per heavy atom. The SMILES string of the molecule is CCn1cnc(-c2ccc(Cl)cc2Br)c1N. The van der Waals surface area contributed by atoms with Gasteiger partial charge in [-0.1, -0.05) is 33.6 Å². The average Bonchev–Trinajstić information content (AvgIpc) is 2.60. The van der Waals surface area contributed by atoms with Crippen LogP contribution < -0.4 is 5.73 Å². The van der Waals surface area contributed by atoms with Crippen LogP contribution in [0.2, 0.25) is 5.02 Å². The van der Waals surface area contributed by atoms with E-state index in [2.05, 4.69) is 20.9 Å². The maximum atomic E-state index is 6.00. The number of hydrogen-bond acceptors (Lipinski definition) is 2. The van der Waals surface area contributed by atoms with Crippen molar-refractivity contribution in [1.29, 1.82) is 0 Å².